The molecule has 0 aromatic carbocycles. The van der Waals surface area contributed by atoms with E-state index in [9.17, 15) is 0 Å². The maximum atomic E-state index is 0. The zero-order valence-corrected chi connectivity index (χ0v) is 8.59. The van der Waals surface area contributed by atoms with Crippen LogP contribution in [0.2, 0.25) is 0 Å². The van der Waals surface area contributed by atoms with Crippen molar-refractivity contribution in [3.63, 3.8) is 0 Å². The van der Waals surface area contributed by atoms with Crippen LogP contribution in [-0.2, 0) is 36.5 Å². The van der Waals surface area contributed by atoms with Crippen molar-refractivity contribution in [2.45, 2.75) is 0 Å². The summed E-state index contributed by atoms with van der Waals surface area (Å²) in [7, 11) is 0. The summed E-state index contributed by atoms with van der Waals surface area (Å²) in [5, 5.41) is 0. The van der Waals surface area contributed by atoms with E-state index in [0.717, 1.165) is 0 Å². The Morgan fingerprint density at radius 2 is 1.00 bits per heavy atom. The van der Waals surface area contributed by atoms with Crippen molar-refractivity contribution in [1.29, 1.82) is 0 Å². The first-order valence-electron chi connectivity index (χ1n) is 0. The molecule has 0 fully saturated rings. The van der Waals surface area contributed by atoms with Crippen LogP contribution in [-0.4, -0.2) is 43.8 Å². The molecule has 0 rings (SSSR count). The molecular formula is H6AsCuInZn. The molecule has 1 radical (unpaired) electrons. The van der Waals surface area contributed by atoms with Crippen molar-refractivity contribution >= 4 is 43.8 Å². The molecule has 27 valence electrons. The van der Waals surface area contributed by atoms with Crippen molar-refractivity contribution < 1.29 is 36.5 Å². The van der Waals surface area contributed by atoms with Crippen LogP contribution in [0.3, 0.4) is 0 Å². The fourth-order valence-electron chi connectivity index (χ4n) is 0. The Morgan fingerprint density at radius 1 is 1.00 bits per heavy atom. The number of hydrogen-bond acceptors (Lipinski definition) is 0. The molecule has 0 heterocycles. The molecule has 4 heteroatoms. The minimum atomic E-state index is 0. The van der Waals surface area contributed by atoms with Gasteiger partial charge in [-0.3, -0.25) is 0 Å². The maximum absolute atomic E-state index is 0. The van der Waals surface area contributed by atoms with E-state index in [1.54, 1.807) is 0 Å². The first-order chi connectivity index (χ1) is 0. The predicted octanol–water partition coefficient (Wildman–Crippen LogP) is -2.37. The van der Waals surface area contributed by atoms with Gasteiger partial charge in [0, 0.05) is 36.5 Å². The van der Waals surface area contributed by atoms with Crippen molar-refractivity contribution in [3.05, 3.63) is 0 Å². The van der Waals surface area contributed by atoms with Crippen LogP contribution in [0.15, 0.2) is 0 Å². The molecule has 0 bridgehead atoms. The van der Waals surface area contributed by atoms with E-state index in [-0.39, 0.29) is 80.3 Å². The summed E-state index contributed by atoms with van der Waals surface area (Å²) < 4.78 is 0. The minimum absolute atomic E-state index is 0. The fraction of sp³-hybridized carbons (Fsp3) is 0. The molecule has 0 spiro atoms. The second-order valence-electron chi connectivity index (χ2n) is 0. The summed E-state index contributed by atoms with van der Waals surface area (Å²) in [5.41, 5.74) is 0. The van der Waals surface area contributed by atoms with E-state index < -0.39 is 0 Å². The Labute approximate surface area is 79.2 Å². The summed E-state index contributed by atoms with van der Waals surface area (Å²) in [6.07, 6.45) is 0. The second-order valence-corrected chi connectivity index (χ2v) is 0. The molecule has 0 aromatic rings. The molecule has 0 nitrogen and oxygen atoms in total. The molecule has 0 aliphatic rings. The first-order valence-corrected chi connectivity index (χ1v) is 0. The van der Waals surface area contributed by atoms with Gasteiger partial charge in [-0.25, -0.2) is 0 Å². The van der Waals surface area contributed by atoms with Gasteiger partial charge in [-0.15, -0.1) is 0 Å². The van der Waals surface area contributed by atoms with Crippen LogP contribution in [0.5, 0.6) is 0 Å². The van der Waals surface area contributed by atoms with E-state index in [1.165, 1.54) is 0 Å². The SMILES string of the molecule is [AsH3].[Cu].[InH3].[Zn]. The van der Waals surface area contributed by atoms with Gasteiger partial charge in [-0.2, -0.15) is 0 Å². The summed E-state index contributed by atoms with van der Waals surface area (Å²) >= 11 is 0. The van der Waals surface area contributed by atoms with Crippen LogP contribution in [0.25, 0.3) is 0 Å². The van der Waals surface area contributed by atoms with Crippen LogP contribution < -0.4 is 0 Å². The third kappa shape index (κ3) is 8.82. The minimum Gasteiger partial charge on any atom is 0 e. The van der Waals surface area contributed by atoms with Crippen molar-refractivity contribution in [3.8, 4) is 0 Å². The Kier molecular flexibility index (Phi) is 136. The average molecular weight is 325 g/mol. The maximum Gasteiger partial charge on any atom is 0 e. The zero-order chi connectivity index (χ0) is 0. The molecule has 0 saturated carbocycles. The van der Waals surface area contributed by atoms with E-state index in [1.807, 2.05) is 0 Å². The summed E-state index contributed by atoms with van der Waals surface area (Å²) in [5.74, 6) is 0. The van der Waals surface area contributed by atoms with Gasteiger partial charge in [0.15, 0.2) is 0 Å². The van der Waals surface area contributed by atoms with Gasteiger partial charge in [0.2, 0.25) is 0 Å². The van der Waals surface area contributed by atoms with Crippen LogP contribution in [0, 0.1) is 0 Å². The molecule has 0 amide bonds. The van der Waals surface area contributed by atoms with Crippen molar-refractivity contribution in [2.75, 3.05) is 0 Å². The molecule has 0 aromatic heterocycles. The smallest absolute Gasteiger partial charge is 0 e. The average Bonchev–Trinajstić information content (AvgIpc) is 0. The quantitative estimate of drug-likeness (QED) is 0.437. The normalized spacial score (nSPS) is 0. The van der Waals surface area contributed by atoms with Crippen LogP contribution >= 0.6 is 0 Å². The molecule has 0 saturated heterocycles. The van der Waals surface area contributed by atoms with Crippen molar-refractivity contribution in [1.82, 2.24) is 0 Å². The van der Waals surface area contributed by atoms with Gasteiger partial charge in [0.05, 0.1) is 0 Å². The van der Waals surface area contributed by atoms with Crippen LogP contribution in [0.4, 0.5) is 0 Å². The molecule has 0 aliphatic carbocycles. The molecule has 0 N–H and O–H groups in total. The van der Waals surface area contributed by atoms with E-state index in [2.05, 4.69) is 0 Å². The van der Waals surface area contributed by atoms with Crippen molar-refractivity contribution in [2.24, 2.45) is 0 Å². The molecule has 1 unspecified atom stereocenters. The van der Waals surface area contributed by atoms with Gasteiger partial charge in [-0.05, 0) is 0 Å². The molecular weight excluding hydrogens is 319 g/mol. The molecule has 1 atom stereocenters. The Bertz CT molecular complexity index is 8.00. The monoisotopic (exact) mass is 323 g/mol. The Balaban J connectivity index is 0. The Morgan fingerprint density at radius 3 is 1.00 bits per heavy atom. The number of hydrogen-bond donors (Lipinski definition) is 0. The predicted molar refractivity (Wildman–Crippen MR) is 19.9 cm³/mol. The second kappa shape index (κ2) is 17.6. The van der Waals surface area contributed by atoms with Gasteiger partial charge in [0.1, 0.15) is 0 Å². The summed E-state index contributed by atoms with van der Waals surface area (Å²) in [6.45, 7) is 0. The van der Waals surface area contributed by atoms with E-state index in [0.29, 0.717) is 0 Å². The van der Waals surface area contributed by atoms with Crippen LogP contribution in [0.1, 0.15) is 0 Å². The third-order valence-electron chi connectivity index (χ3n) is 0. The Hall–Kier alpha value is 2.57. The zero-order valence-electron chi connectivity index (χ0n) is 1.72. The summed E-state index contributed by atoms with van der Waals surface area (Å²) in [6, 6.07) is 0. The fourth-order valence-corrected chi connectivity index (χ4v) is 0. The molecule has 4 heavy (non-hydrogen) atoms. The standard InChI is InChI=1S/AsH3.Cu.In.Zn.3H/h1H3;;;;;;. The molecule has 0 aliphatic heterocycles. The first kappa shape index (κ1) is 30.8. The largest absolute Gasteiger partial charge is 0 e. The van der Waals surface area contributed by atoms with E-state index in [4.69, 9.17) is 0 Å². The van der Waals surface area contributed by atoms with Gasteiger partial charge in [-0.1, -0.05) is 0 Å². The topological polar surface area (TPSA) is 0 Å². The van der Waals surface area contributed by atoms with E-state index >= 15 is 0 Å². The number of rotatable bonds is 0. The van der Waals surface area contributed by atoms with Gasteiger partial charge >= 0.3 is 43.8 Å². The van der Waals surface area contributed by atoms with Gasteiger partial charge < -0.3 is 0 Å². The third-order valence-corrected chi connectivity index (χ3v) is 0. The van der Waals surface area contributed by atoms with Gasteiger partial charge in [0.25, 0.3) is 0 Å². The summed E-state index contributed by atoms with van der Waals surface area (Å²) in [4.78, 5) is 0.